The monoisotopic (exact) mass is 758 g/mol. The van der Waals surface area contributed by atoms with Crippen molar-refractivity contribution >= 4 is 54.6 Å². The van der Waals surface area contributed by atoms with Gasteiger partial charge < -0.3 is 41.3 Å². The van der Waals surface area contributed by atoms with E-state index in [0.29, 0.717) is 12.1 Å². The molecular formula is C32H24F2N4O12S2. The number of nitrogens with one attached hydrogen (secondary N) is 4. The second-order valence-electron chi connectivity index (χ2n) is 10.6. The molecule has 10 N–H and O–H groups in total. The van der Waals surface area contributed by atoms with Gasteiger partial charge in [-0.3, -0.25) is 19.0 Å². The van der Waals surface area contributed by atoms with E-state index in [2.05, 4.69) is 10.6 Å². The molecule has 0 saturated heterocycles. The zero-order valence-electron chi connectivity index (χ0n) is 25.8. The second kappa shape index (κ2) is 13.8. The van der Waals surface area contributed by atoms with Gasteiger partial charge in [0, 0.05) is 22.7 Å². The first-order valence-electron chi connectivity index (χ1n) is 14.2. The Labute approximate surface area is 292 Å². The molecule has 0 aliphatic carbocycles. The van der Waals surface area contributed by atoms with Crippen LogP contribution in [0, 0.1) is 11.6 Å². The Morgan fingerprint density at radius 3 is 1.04 bits per heavy atom. The molecule has 20 heteroatoms. The number of phenols is 6. The molecule has 5 rings (SSSR count). The van der Waals surface area contributed by atoms with Crippen molar-refractivity contribution in [3.63, 3.8) is 0 Å². The number of phenolic OH excluding ortho intramolecular Hbond substituents is 6. The van der Waals surface area contributed by atoms with Crippen molar-refractivity contribution in [2.45, 2.75) is 9.79 Å². The normalized spacial score (nSPS) is 11.4. The minimum absolute atomic E-state index is 0.0193. The summed E-state index contributed by atoms with van der Waals surface area (Å²) in [5.74, 6) is -11.3. The van der Waals surface area contributed by atoms with Crippen LogP contribution in [0.4, 0.5) is 31.5 Å². The second-order valence-corrected chi connectivity index (χ2v) is 13.9. The molecule has 0 aromatic heterocycles. The van der Waals surface area contributed by atoms with Crippen LogP contribution in [0.15, 0.2) is 94.7 Å². The third kappa shape index (κ3) is 7.51. The van der Waals surface area contributed by atoms with Crippen LogP contribution >= 0.6 is 0 Å². The number of carbonyl (C=O) groups excluding carboxylic acids is 2. The summed E-state index contributed by atoms with van der Waals surface area (Å²) in [6, 6.07) is 14.0. The van der Waals surface area contributed by atoms with Gasteiger partial charge in [-0.2, -0.15) is 0 Å². The Kier molecular flexibility index (Phi) is 9.71. The zero-order valence-corrected chi connectivity index (χ0v) is 27.4. The number of hydrogen-bond acceptors (Lipinski definition) is 12. The first-order chi connectivity index (χ1) is 24.4. The molecule has 270 valence electrons. The van der Waals surface area contributed by atoms with Crippen LogP contribution in [-0.2, 0) is 20.0 Å². The van der Waals surface area contributed by atoms with Crippen LogP contribution in [0.5, 0.6) is 34.5 Å². The largest absolute Gasteiger partial charge is 0.504 e. The highest BCUT2D eigenvalue weighted by Crippen LogP contribution is 2.44. The maximum atomic E-state index is 13.2. The van der Waals surface area contributed by atoms with Gasteiger partial charge in [-0.1, -0.05) is 0 Å². The van der Waals surface area contributed by atoms with Crippen molar-refractivity contribution in [3.05, 3.63) is 108 Å². The van der Waals surface area contributed by atoms with Gasteiger partial charge >= 0.3 is 0 Å². The third-order valence-corrected chi connectivity index (χ3v) is 9.88. The van der Waals surface area contributed by atoms with Crippen molar-refractivity contribution in [1.29, 1.82) is 0 Å². The summed E-state index contributed by atoms with van der Waals surface area (Å²) in [7, 11) is -9.42. The lowest BCUT2D eigenvalue weighted by atomic mass is 10.1. The van der Waals surface area contributed by atoms with E-state index in [9.17, 15) is 65.8 Å². The first kappa shape index (κ1) is 36.5. The van der Waals surface area contributed by atoms with Crippen LogP contribution in [0.1, 0.15) is 20.7 Å². The van der Waals surface area contributed by atoms with Gasteiger partial charge in [0.15, 0.2) is 23.0 Å². The number of anilines is 4. The number of aromatic hydroxyl groups is 6. The molecule has 2 amide bonds. The van der Waals surface area contributed by atoms with Crippen molar-refractivity contribution in [1.82, 2.24) is 0 Å². The highest BCUT2D eigenvalue weighted by molar-refractivity contribution is 7.93. The summed E-state index contributed by atoms with van der Waals surface area (Å²) < 4.78 is 82.2. The van der Waals surface area contributed by atoms with Crippen LogP contribution < -0.4 is 20.1 Å². The summed E-state index contributed by atoms with van der Waals surface area (Å²) in [4.78, 5) is 24.0. The molecule has 0 unspecified atom stereocenters. The molecule has 0 saturated carbocycles. The van der Waals surface area contributed by atoms with Crippen molar-refractivity contribution in [3.8, 4) is 34.5 Å². The minimum atomic E-state index is -4.71. The van der Waals surface area contributed by atoms with E-state index in [-0.39, 0.29) is 22.7 Å². The van der Waals surface area contributed by atoms with E-state index in [1.807, 2.05) is 9.44 Å². The summed E-state index contributed by atoms with van der Waals surface area (Å²) in [6.45, 7) is 0. The highest BCUT2D eigenvalue weighted by Gasteiger charge is 2.30. The Morgan fingerprint density at radius 2 is 0.731 bits per heavy atom. The lowest BCUT2D eigenvalue weighted by molar-refractivity contribution is 0.101. The van der Waals surface area contributed by atoms with Crippen molar-refractivity contribution < 1.29 is 65.8 Å². The number of sulfonamides is 2. The van der Waals surface area contributed by atoms with Gasteiger partial charge in [0.05, 0.1) is 11.1 Å². The summed E-state index contributed by atoms with van der Waals surface area (Å²) in [6.07, 6.45) is 0. The Balaban J connectivity index is 1.34. The average molecular weight is 759 g/mol. The molecule has 5 aromatic rings. The van der Waals surface area contributed by atoms with E-state index >= 15 is 0 Å². The molecule has 0 heterocycles. The predicted molar refractivity (Wildman–Crippen MR) is 180 cm³/mol. The zero-order chi connectivity index (χ0) is 38.1. The quantitative estimate of drug-likeness (QED) is 0.0893. The molecule has 0 aliphatic rings. The van der Waals surface area contributed by atoms with Gasteiger partial charge in [-0.25, -0.2) is 25.6 Å². The molecule has 0 radical (unpaired) electrons. The van der Waals surface area contributed by atoms with Crippen LogP contribution in [0.2, 0.25) is 0 Å². The van der Waals surface area contributed by atoms with Gasteiger partial charge in [0.2, 0.25) is 11.5 Å². The maximum absolute atomic E-state index is 13.2. The lowest BCUT2D eigenvalue weighted by Gasteiger charge is -2.15. The topological polar surface area (TPSA) is 272 Å². The SMILES string of the molecule is O=C(Nc1ccc(NC(=O)c2cc(S(=O)(=O)Nc3ccc(F)cc3)c(O)c(O)c2O)cc1)c1cc(S(=O)(=O)Nc2ccc(F)cc2)c(O)c(O)c1O. The van der Waals surface area contributed by atoms with Crippen molar-refractivity contribution in [2.75, 3.05) is 20.1 Å². The van der Waals surface area contributed by atoms with Crippen LogP contribution in [0.3, 0.4) is 0 Å². The van der Waals surface area contributed by atoms with Gasteiger partial charge in [-0.15, -0.1) is 0 Å². The summed E-state index contributed by atoms with van der Waals surface area (Å²) >= 11 is 0. The maximum Gasteiger partial charge on any atom is 0.265 e. The van der Waals surface area contributed by atoms with Gasteiger partial charge in [0.25, 0.3) is 31.9 Å². The summed E-state index contributed by atoms with van der Waals surface area (Å²) in [5.41, 5.74) is -1.89. The number of halogens is 2. The molecule has 0 aliphatic heterocycles. The van der Waals surface area contributed by atoms with Crippen molar-refractivity contribution in [2.24, 2.45) is 0 Å². The standard InChI is InChI=1S/C32H24F2N4O12S2/c33-15-1-5-19(6-2-15)37-51(47,48)23-13-21(25(39)29(43)27(23)41)31(45)35-17-9-11-18(12-10-17)36-32(46)22-14-24(28(42)30(44)26(22)40)52(49,50)38-20-7-3-16(34)4-8-20/h1-14,37-44H,(H,35,45)(H,36,46). The van der Waals surface area contributed by atoms with Gasteiger partial charge in [0.1, 0.15) is 21.4 Å². The molecule has 52 heavy (non-hydrogen) atoms. The fourth-order valence-corrected chi connectivity index (χ4v) is 6.86. The minimum Gasteiger partial charge on any atom is -0.504 e. The molecular weight excluding hydrogens is 734 g/mol. The molecule has 0 fully saturated rings. The van der Waals surface area contributed by atoms with E-state index in [0.717, 1.165) is 48.5 Å². The Morgan fingerprint density at radius 1 is 0.442 bits per heavy atom. The number of carbonyl (C=O) groups is 2. The van der Waals surface area contributed by atoms with E-state index in [4.69, 9.17) is 0 Å². The number of benzene rings is 5. The fourth-order valence-electron chi connectivity index (χ4n) is 4.49. The average Bonchev–Trinajstić information content (AvgIpc) is 3.08. The van der Waals surface area contributed by atoms with E-state index < -0.39 is 98.9 Å². The third-order valence-electron chi connectivity index (χ3n) is 7.09. The van der Waals surface area contributed by atoms with Gasteiger partial charge in [-0.05, 0) is 84.9 Å². The molecule has 16 nitrogen and oxygen atoms in total. The van der Waals surface area contributed by atoms with Crippen LogP contribution in [-0.4, -0.2) is 59.3 Å². The molecule has 0 spiro atoms. The Bertz CT molecular complexity index is 2270. The lowest BCUT2D eigenvalue weighted by Crippen LogP contribution is -2.17. The number of amides is 2. The fraction of sp³-hybridized carbons (Fsp3) is 0. The number of rotatable bonds is 10. The molecule has 5 aromatic carbocycles. The molecule has 0 atom stereocenters. The van der Waals surface area contributed by atoms with E-state index in [1.165, 1.54) is 24.3 Å². The first-order valence-corrected chi connectivity index (χ1v) is 17.2. The highest BCUT2D eigenvalue weighted by atomic mass is 32.2. The smallest absolute Gasteiger partial charge is 0.265 e. The van der Waals surface area contributed by atoms with Crippen LogP contribution in [0.25, 0.3) is 0 Å². The summed E-state index contributed by atoms with van der Waals surface area (Å²) in [5, 5.41) is 66.1. The Hall–Kier alpha value is -6.80. The molecule has 0 bridgehead atoms. The predicted octanol–water partition coefficient (Wildman–Crippen LogP) is 4.30. The number of hydrogen-bond donors (Lipinski definition) is 10. The van der Waals surface area contributed by atoms with E-state index in [1.54, 1.807) is 0 Å².